The molecule has 27 heavy (non-hydrogen) atoms. The molecule has 0 aliphatic carbocycles. The quantitative estimate of drug-likeness (QED) is 0.612. The maximum atomic E-state index is 12.6. The minimum atomic E-state index is -0.473. The lowest BCUT2D eigenvalue weighted by Crippen LogP contribution is -2.13. The Balaban J connectivity index is 2.31. The van der Waals surface area contributed by atoms with Gasteiger partial charge in [0.15, 0.2) is 11.5 Å². The molecule has 0 saturated carbocycles. The predicted octanol–water partition coefficient (Wildman–Crippen LogP) is 4.25. The number of aryl methyl sites for hydroxylation is 1. The molecule has 1 amide bonds. The average molecular weight is 367 g/mol. The van der Waals surface area contributed by atoms with Crippen molar-refractivity contribution in [1.82, 2.24) is 4.57 Å². The maximum Gasteiger partial charge on any atom is 0.266 e. The van der Waals surface area contributed by atoms with Gasteiger partial charge in [-0.15, -0.1) is 0 Å². The van der Waals surface area contributed by atoms with Gasteiger partial charge in [-0.25, -0.2) is 0 Å². The van der Waals surface area contributed by atoms with Crippen LogP contribution in [0.5, 0.6) is 11.5 Å². The van der Waals surface area contributed by atoms with Crippen LogP contribution in [0.4, 0.5) is 5.69 Å². The van der Waals surface area contributed by atoms with Crippen molar-refractivity contribution in [2.24, 2.45) is 0 Å². The van der Waals surface area contributed by atoms with Gasteiger partial charge in [-0.3, -0.25) is 4.79 Å². The molecule has 1 heterocycles. The summed E-state index contributed by atoms with van der Waals surface area (Å²) in [6.45, 7) is 8.20. The van der Waals surface area contributed by atoms with Crippen molar-refractivity contribution in [3.8, 4) is 17.6 Å². The Hall–Kier alpha value is -3.20. The van der Waals surface area contributed by atoms with Crippen molar-refractivity contribution in [1.29, 1.82) is 5.26 Å². The Morgan fingerprint density at radius 2 is 1.85 bits per heavy atom. The number of nitrogens with zero attached hydrogens (tertiary/aromatic N) is 2. The molecular weight excluding hydrogens is 342 g/mol. The Kier molecular flexibility index (Phi) is 6.30. The number of nitriles is 1. The lowest BCUT2D eigenvalue weighted by molar-refractivity contribution is -0.112. The molecule has 142 valence electrons. The first-order chi connectivity index (χ1) is 12.8. The molecule has 0 aliphatic heterocycles. The molecule has 6 nitrogen and oxygen atoms in total. The summed E-state index contributed by atoms with van der Waals surface area (Å²) in [5, 5.41) is 12.2. The van der Waals surface area contributed by atoms with Crippen LogP contribution < -0.4 is 14.8 Å². The number of benzene rings is 1. The highest BCUT2D eigenvalue weighted by molar-refractivity contribution is 6.09. The standard InChI is InChI=1S/C21H25N3O3/c1-13(2)24-14(3)9-16(15(24)4)10-17(12-22)21(25)23-18-7-8-19(26-5)20(11-18)27-6/h7-11,13H,1-6H3,(H,23,25)/b17-10+. The van der Waals surface area contributed by atoms with E-state index in [1.54, 1.807) is 31.4 Å². The summed E-state index contributed by atoms with van der Waals surface area (Å²) in [6.07, 6.45) is 1.62. The number of anilines is 1. The van der Waals surface area contributed by atoms with Crippen LogP contribution in [0.2, 0.25) is 0 Å². The van der Waals surface area contributed by atoms with Gasteiger partial charge in [0.1, 0.15) is 11.6 Å². The number of carbonyl (C=O) groups is 1. The zero-order valence-electron chi connectivity index (χ0n) is 16.6. The summed E-state index contributed by atoms with van der Waals surface area (Å²) in [7, 11) is 3.06. The number of hydrogen-bond acceptors (Lipinski definition) is 4. The summed E-state index contributed by atoms with van der Waals surface area (Å²) in [5.41, 5.74) is 3.53. The zero-order valence-corrected chi connectivity index (χ0v) is 16.6. The van der Waals surface area contributed by atoms with E-state index < -0.39 is 5.91 Å². The van der Waals surface area contributed by atoms with Crippen LogP contribution in [0.25, 0.3) is 6.08 Å². The van der Waals surface area contributed by atoms with E-state index in [4.69, 9.17) is 9.47 Å². The molecule has 0 saturated heterocycles. The average Bonchev–Trinajstić information content (AvgIpc) is 2.92. The number of ether oxygens (including phenoxy) is 2. The molecule has 0 fully saturated rings. The highest BCUT2D eigenvalue weighted by Crippen LogP contribution is 2.30. The summed E-state index contributed by atoms with van der Waals surface area (Å²) >= 11 is 0. The summed E-state index contributed by atoms with van der Waals surface area (Å²) in [5.74, 6) is 0.588. The number of rotatable bonds is 6. The highest BCUT2D eigenvalue weighted by atomic mass is 16.5. The van der Waals surface area contributed by atoms with Crippen LogP contribution in [-0.2, 0) is 4.79 Å². The second-order valence-corrected chi connectivity index (χ2v) is 6.48. The van der Waals surface area contributed by atoms with E-state index in [1.165, 1.54) is 7.11 Å². The van der Waals surface area contributed by atoms with Gasteiger partial charge >= 0.3 is 0 Å². The largest absolute Gasteiger partial charge is 0.493 e. The topological polar surface area (TPSA) is 76.3 Å². The molecule has 0 unspecified atom stereocenters. The van der Waals surface area contributed by atoms with Crippen molar-refractivity contribution in [2.45, 2.75) is 33.7 Å². The number of nitrogens with one attached hydrogen (secondary N) is 1. The SMILES string of the molecule is COc1ccc(NC(=O)/C(C#N)=C/c2cc(C)n(C(C)C)c2C)cc1OC. The van der Waals surface area contributed by atoms with Crippen LogP contribution in [0.3, 0.4) is 0 Å². The molecule has 2 rings (SSSR count). The van der Waals surface area contributed by atoms with Crippen LogP contribution >= 0.6 is 0 Å². The molecule has 0 bridgehead atoms. The van der Waals surface area contributed by atoms with Gasteiger partial charge in [0.2, 0.25) is 0 Å². The predicted molar refractivity (Wildman–Crippen MR) is 106 cm³/mol. The van der Waals surface area contributed by atoms with Crippen LogP contribution in [0.1, 0.15) is 36.8 Å². The normalized spacial score (nSPS) is 11.3. The van der Waals surface area contributed by atoms with E-state index in [-0.39, 0.29) is 5.57 Å². The van der Waals surface area contributed by atoms with Gasteiger partial charge < -0.3 is 19.4 Å². The monoisotopic (exact) mass is 367 g/mol. The van der Waals surface area contributed by atoms with E-state index in [1.807, 2.05) is 26.0 Å². The number of amides is 1. The van der Waals surface area contributed by atoms with E-state index in [9.17, 15) is 10.1 Å². The molecule has 2 aromatic rings. The molecule has 0 atom stereocenters. The Bertz CT molecular complexity index is 917. The molecule has 0 aliphatic rings. The number of carbonyl (C=O) groups excluding carboxylic acids is 1. The Morgan fingerprint density at radius 1 is 1.19 bits per heavy atom. The first-order valence-electron chi connectivity index (χ1n) is 8.66. The second kappa shape index (κ2) is 8.45. The molecule has 1 aromatic heterocycles. The van der Waals surface area contributed by atoms with Crippen molar-refractivity contribution in [3.05, 3.63) is 46.8 Å². The third kappa shape index (κ3) is 4.32. The van der Waals surface area contributed by atoms with E-state index in [2.05, 4.69) is 23.7 Å². The van der Waals surface area contributed by atoms with E-state index >= 15 is 0 Å². The van der Waals surface area contributed by atoms with E-state index in [0.29, 0.717) is 23.2 Å². The van der Waals surface area contributed by atoms with Gasteiger partial charge in [-0.05, 0) is 57.5 Å². The smallest absolute Gasteiger partial charge is 0.266 e. The third-order valence-electron chi connectivity index (χ3n) is 4.35. The molecule has 1 N–H and O–H groups in total. The van der Waals surface area contributed by atoms with Crippen molar-refractivity contribution in [2.75, 3.05) is 19.5 Å². The lowest BCUT2D eigenvalue weighted by atomic mass is 10.1. The number of methoxy groups -OCH3 is 2. The molecule has 6 heteroatoms. The molecule has 1 aromatic carbocycles. The Morgan fingerprint density at radius 3 is 2.37 bits per heavy atom. The first-order valence-corrected chi connectivity index (χ1v) is 8.66. The minimum absolute atomic E-state index is 0.0359. The minimum Gasteiger partial charge on any atom is -0.493 e. The summed E-state index contributed by atoms with van der Waals surface area (Å²) in [6, 6.07) is 9.31. The second-order valence-electron chi connectivity index (χ2n) is 6.48. The van der Waals surface area contributed by atoms with Gasteiger partial charge in [0.25, 0.3) is 5.91 Å². The highest BCUT2D eigenvalue weighted by Gasteiger charge is 2.15. The van der Waals surface area contributed by atoms with Gasteiger partial charge in [0.05, 0.1) is 14.2 Å². The van der Waals surface area contributed by atoms with Crippen molar-refractivity contribution < 1.29 is 14.3 Å². The maximum absolute atomic E-state index is 12.6. The fourth-order valence-corrected chi connectivity index (χ4v) is 3.16. The summed E-state index contributed by atoms with van der Waals surface area (Å²) in [4.78, 5) is 12.6. The Labute approximate surface area is 160 Å². The van der Waals surface area contributed by atoms with Crippen LogP contribution in [0.15, 0.2) is 29.8 Å². The fraction of sp³-hybridized carbons (Fsp3) is 0.333. The van der Waals surface area contributed by atoms with Crippen molar-refractivity contribution in [3.63, 3.8) is 0 Å². The number of aromatic nitrogens is 1. The first kappa shape index (κ1) is 20.1. The van der Waals surface area contributed by atoms with Gasteiger partial charge in [0, 0.05) is 29.2 Å². The van der Waals surface area contributed by atoms with Gasteiger partial charge in [-0.1, -0.05) is 0 Å². The molecule has 0 spiro atoms. The van der Waals surface area contributed by atoms with Gasteiger partial charge in [-0.2, -0.15) is 5.26 Å². The van der Waals surface area contributed by atoms with E-state index in [0.717, 1.165) is 17.0 Å². The van der Waals surface area contributed by atoms with Crippen LogP contribution in [-0.4, -0.2) is 24.7 Å². The molecule has 0 radical (unpaired) electrons. The fourth-order valence-electron chi connectivity index (χ4n) is 3.16. The number of hydrogen-bond donors (Lipinski definition) is 1. The van der Waals surface area contributed by atoms with Crippen molar-refractivity contribution >= 4 is 17.7 Å². The molecular formula is C21H25N3O3. The summed E-state index contributed by atoms with van der Waals surface area (Å²) < 4.78 is 12.6. The van der Waals surface area contributed by atoms with Crippen LogP contribution in [0, 0.1) is 25.2 Å². The lowest BCUT2D eigenvalue weighted by Gasteiger charge is -2.13. The zero-order chi connectivity index (χ0) is 20.1. The third-order valence-corrected chi connectivity index (χ3v) is 4.35.